The maximum atomic E-state index is 14.2. The van der Waals surface area contributed by atoms with Crippen molar-refractivity contribution in [3.63, 3.8) is 0 Å². The lowest BCUT2D eigenvalue weighted by Crippen LogP contribution is -2.64. The lowest BCUT2D eigenvalue weighted by atomic mass is 9.63. The summed E-state index contributed by atoms with van der Waals surface area (Å²) in [6.45, 7) is 6.72. The van der Waals surface area contributed by atoms with Crippen molar-refractivity contribution in [2.24, 2.45) is 5.41 Å². The van der Waals surface area contributed by atoms with Gasteiger partial charge in [0.1, 0.15) is 6.17 Å². The molecule has 0 aromatic rings. The molecule has 18 heavy (non-hydrogen) atoms. The molecule has 3 atom stereocenters. The molecule has 0 aromatic carbocycles. The number of hydrogen-bond acceptors (Lipinski definition) is 2. The zero-order valence-corrected chi connectivity index (χ0v) is 11.8. The second-order valence-electron chi connectivity index (χ2n) is 7.17. The molecule has 2 saturated carbocycles. The van der Waals surface area contributed by atoms with E-state index in [9.17, 15) is 4.39 Å². The normalized spacial score (nSPS) is 39.7. The van der Waals surface area contributed by atoms with Crippen molar-refractivity contribution < 1.29 is 4.39 Å². The van der Waals surface area contributed by atoms with E-state index in [1.807, 2.05) is 0 Å². The van der Waals surface area contributed by atoms with Gasteiger partial charge in [0.25, 0.3) is 0 Å². The number of rotatable bonds is 3. The largest absolute Gasteiger partial charge is 0.309 e. The smallest absolute Gasteiger partial charge is 0.117 e. The Hall–Kier alpha value is -0.150. The summed E-state index contributed by atoms with van der Waals surface area (Å²) in [7, 11) is 0. The van der Waals surface area contributed by atoms with Gasteiger partial charge >= 0.3 is 0 Å². The standard InChI is InChI=1S/C15H27FN2/c1-11(2)17-14-5-4-12(8-13(14)16)18-9-15(10-18)6-3-7-15/h11-14,17H,3-10H2,1-2H3. The highest BCUT2D eigenvalue weighted by Gasteiger charge is 2.50. The van der Waals surface area contributed by atoms with Crippen LogP contribution in [0.2, 0.25) is 0 Å². The summed E-state index contributed by atoms with van der Waals surface area (Å²) >= 11 is 0. The molecule has 0 radical (unpaired) electrons. The van der Waals surface area contributed by atoms with Crippen molar-refractivity contribution in [2.75, 3.05) is 13.1 Å². The van der Waals surface area contributed by atoms with E-state index in [2.05, 4.69) is 24.1 Å². The van der Waals surface area contributed by atoms with Crippen LogP contribution in [0.15, 0.2) is 0 Å². The van der Waals surface area contributed by atoms with Crippen molar-refractivity contribution in [2.45, 2.75) is 76.7 Å². The first kappa shape index (κ1) is 12.9. The molecule has 1 spiro atoms. The Morgan fingerprint density at radius 1 is 1.22 bits per heavy atom. The number of likely N-dealkylation sites (tertiary alicyclic amines) is 1. The molecule has 1 heterocycles. The number of nitrogens with one attached hydrogen (secondary N) is 1. The summed E-state index contributed by atoms with van der Waals surface area (Å²) in [5.74, 6) is 0. The van der Waals surface area contributed by atoms with Crippen LogP contribution in [0.1, 0.15) is 52.4 Å². The van der Waals surface area contributed by atoms with E-state index >= 15 is 0 Å². The third-order valence-corrected chi connectivity index (χ3v) is 5.30. The second kappa shape index (κ2) is 4.75. The van der Waals surface area contributed by atoms with Gasteiger partial charge in [-0.3, -0.25) is 4.90 Å². The molecule has 0 amide bonds. The van der Waals surface area contributed by atoms with Crippen LogP contribution in [-0.4, -0.2) is 42.3 Å². The Bertz CT molecular complexity index is 293. The van der Waals surface area contributed by atoms with Crippen molar-refractivity contribution in [1.29, 1.82) is 0 Å². The van der Waals surface area contributed by atoms with E-state index in [0.29, 0.717) is 17.5 Å². The molecule has 2 aliphatic carbocycles. The molecule has 3 fully saturated rings. The highest BCUT2D eigenvalue weighted by Crippen LogP contribution is 2.49. The number of nitrogens with zero attached hydrogens (tertiary/aromatic N) is 1. The Kier molecular flexibility index (Phi) is 3.39. The average Bonchev–Trinajstić information content (AvgIpc) is 2.17. The van der Waals surface area contributed by atoms with Crippen molar-refractivity contribution in [3.05, 3.63) is 0 Å². The van der Waals surface area contributed by atoms with Crippen LogP contribution < -0.4 is 5.32 Å². The van der Waals surface area contributed by atoms with Gasteiger partial charge in [0, 0.05) is 31.2 Å². The molecule has 3 unspecified atom stereocenters. The lowest BCUT2D eigenvalue weighted by molar-refractivity contribution is -0.0964. The highest BCUT2D eigenvalue weighted by atomic mass is 19.1. The van der Waals surface area contributed by atoms with Gasteiger partial charge in [0.05, 0.1) is 0 Å². The van der Waals surface area contributed by atoms with Gasteiger partial charge in [-0.05, 0) is 37.5 Å². The molecule has 2 nitrogen and oxygen atoms in total. The van der Waals surface area contributed by atoms with E-state index in [0.717, 1.165) is 12.8 Å². The fourth-order valence-electron chi connectivity index (χ4n) is 4.11. The first-order valence-corrected chi connectivity index (χ1v) is 7.72. The van der Waals surface area contributed by atoms with Crippen LogP contribution in [0.5, 0.6) is 0 Å². The van der Waals surface area contributed by atoms with Gasteiger partial charge in [0.2, 0.25) is 0 Å². The fourth-order valence-corrected chi connectivity index (χ4v) is 4.11. The first-order chi connectivity index (χ1) is 8.58. The third-order valence-electron chi connectivity index (χ3n) is 5.30. The van der Waals surface area contributed by atoms with Crippen LogP contribution in [0, 0.1) is 5.41 Å². The zero-order valence-electron chi connectivity index (χ0n) is 11.8. The van der Waals surface area contributed by atoms with Crippen LogP contribution in [0.4, 0.5) is 4.39 Å². The molecule has 1 saturated heterocycles. The predicted octanol–water partition coefficient (Wildman–Crippen LogP) is 2.73. The Balaban J connectivity index is 1.47. The average molecular weight is 254 g/mol. The van der Waals surface area contributed by atoms with Crippen LogP contribution in [0.25, 0.3) is 0 Å². The maximum absolute atomic E-state index is 14.2. The van der Waals surface area contributed by atoms with Gasteiger partial charge in [-0.1, -0.05) is 20.3 Å². The number of alkyl halides is 1. The van der Waals surface area contributed by atoms with Crippen LogP contribution in [-0.2, 0) is 0 Å². The second-order valence-corrected chi connectivity index (χ2v) is 7.17. The number of halogens is 1. The quantitative estimate of drug-likeness (QED) is 0.833. The van der Waals surface area contributed by atoms with E-state index in [1.54, 1.807) is 0 Å². The van der Waals surface area contributed by atoms with Gasteiger partial charge in [0.15, 0.2) is 0 Å². The molecule has 1 aliphatic heterocycles. The predicted molar refractivity (Wildman–Crippen MR) is 72.5 cm³/mol. The minimum absolute atomic E-state index is 0.0974. The summed E-state index contributed by atoms with van der Waals surface area (Å²) < 4.78 is 14.2. The molecule has 104 valence electrons. The maximum Gasteiger partial charge on any atom is 0.117 e. The zero-order chi connectivity index (χ0) is 12.8. The fraction of sp³-hybridized carbons (Fsp3) is 1.00. The van der Waals surface area contributed by atoms with Crippen LogP contribution in [0.3, 0.4) is 0 Å². The molecular formula is C15H27FN2. The molecule has 3 rings (SSSR count). The minimum Gasteiger partial charge on any atom is -0.309 e. The Morgan fingerprint density at radius 3 is 2.44 bits per heavy atom. The molecule has 3 aliphatic rings. The van der Waals surface area contributed by atoms with Crippen molar-refractivity contribution >= 4 is 0 Å². The van der Waals surface area contributed by atoms with Crippen LogP contribution >= 0.6 is 0 Å². The van der Waals surface area contributed by atoms with Gasteiger partial charge in [-0.25, -0.2) is 4.39 Å². The first-order valence-electron chi connectivity index (χ1n) is 7.72. The van der Waals surface area contributed by atoms with Gasteiger partial charge < -0.3 is 5.32 Å². The van der Waals surface area contributed by atoms with Gasteiger partial charge in [-0.2, -0.15) is 0 Å². The third kappa shape index (κ3) is 2.32. The lowest BCUT2D eigenvalue weighted by Gasteiger charge is -2.59. The molecule has 0 bridgehead atoms. The van der Waals surface area contributed by atoms with Crippen molar-refractivity contribution in [3.8, 4) is 0 Å². The summed E-state index contributed by atoms with van der Waals surface area (Å²) in [5.41, 5.74) is 0.679. The molecule has 0 aromatic heterocycles. The Morgan fingerprint density at radius 2 is 1.94 bits per heavy atom. The molecule has 3 heteroatoms. The topological polar surface area (TPSA) is 15.3 Å². The van der Waals surface area contributed by atoms with E-state index < -0.39 is 6.17 Å². The summed E-state index contributed by atoms with van der Waals surface area (Å²) in [5, 5.41) is 3.37. The SMILES string of the molecule is CC(C)NC1CCC(N2CC3(CCC3)C2)CC1F. The highest BCUT2D eigenvalue weighted by molar-refractivity contribution is 5.04. The minimum atomic E-state index is -0.649. The van der Waals surface area contributed by atoms with Gasteiger partial charge in [-0.15, -0.1) is 0 Å². The summed E-state index contributed by atoms with van der Waals surface area (Å²) in [6.07, 6.45) is 6.56. The summed E-state index contributed by atoms with van der Waals surface area (Å²) in [4.78, 5) is 2.55. The van der Waals surface area contributed by atoms with Crippen molar-refractivity contribution in [1.82, 2.24) is 10.2 Å². The van der Waals surface area contributed by atoms with E-state index in [1.165, 1.54) is 38.8 Å². The molecule has 1 N–H and O–H groups in total. The molecular weight excluding hydrogens is 227 g/mol. The summed E-state index contributed by atoms with van der Waals surface area (Å²) in [6, 6.07) is 1.02. The Labute approximate surface area is 110 Å². The van der Waals surface area contributed by atoms with E-state index in [-0.39, 0.29) is 6.04 Å². The monoisotopic (exact) mass is 254 g/mol. The number of hydrogen-bond donors (Lipinski definition) is 1. The van der Waals surface area contributed by atoms with E-state index in [4.69, 9.17) is 0 Å².